The maximum Gasteiger partial charge on any atom is 0.228 e. The molecule has 0 saturated carbocycles. The third-order valence-electron chi connectivity index (χ3n) is 2.44. The molecular formula is C13H11BrO2. The quantitative estimate of drug-likeness (QED) is 0.781. The SMILES string of the molecule is Cc1cc(C(=O)c2ccco2)cc(C)c1Br. The van der Waals surface area contributed by atoms with Gasteiger partial charge >= 0.3 is 0 Å². The Morgan fingerprint density at radius 3 is 2.38 bits per heavy atom. The number of carbonyl (C=O) groups is 1. The van der Waals surface area contributed by atoms with E-state index in [0.717, 1.165) is 15.6 Å². The predicted octanol–water partition coefficient (Wildman–Crippen LogP) is 3.89. The van der Waals surface area contributed by atoms with Gasteiger partial charge in [0.05, 0.1) is 6.26 Å². The molecule has 0 aliphatic rings. The molecule has 2 aromatic rings. The lowest BCUT2D eigenvalue weighted by molar-refractivity contribution is 0.101. The summed E-state index contributed by atoms with van der Waals surface area (Å²) in [4.78, 5) is 12.0. The highest BCUT2D eigenvalue weighted by molar-refractivity contribution is 9.10. The number of hydrogen-bond donors (Lipinski definition) is 0. The van der Waals surface area contributed by atoms with E-state index >= 15 is 0 Å². The Bertz CT molecular complexity index is 504. The zero-order chi connectivity index (χ0) is 11.7. The molecule has 0 bridgehead atoms. The summed E-state index contributed by atoms with van der Waals surface area (Å²) < 4.78 is 6.14. The van der Waals surface area contributed by atoms with E-state index < -0.39 is 0 Å². The Morgan fingerprint density at radius 2 is 1.88 bits per heavy atom. The van der Waals surface area contributed by atoms with Gasteiger partial charge in [-0.3, -0.25) is 4.79 Å². The van der Waals surface area contributed by atoms with Crippen LogP contribution in [0.4, 0.5) is 0 Å². The molecule has 16 heavy (non-hydrogen) atoms. The molecular weight excluding hydrogens is 268 g/mol. The average molecular weight is 279 g/mol. The first kappa shape index (κ1) is 11.1. The fraction of sp³-hybridized carbons (Fsp3) is 0.154. The van der Waals surface area contributed by atoms with Gasteiger partial charge in [0.15, 0.2) is 5.76 Å². The molecule has 82 valence electrons. The summed E-state index contributed by atoms with van der Waals surface area (Å²) in [7, 11) is 0. The first-order chi connectivity index (χ1) is 7.59. The van der Waals surface area contributed by atoms with E-state index in [4.69, 9.17) is 4.42 Å². The molecule has 0 fully saturated rings. The van der Waals surface area contributed by atoms with Crippen molar-refractivity contribution >= 4 is 21.7 Å². The Labute approximate surface area is 102 Å². The van der Waals surface area contributed by atoms with Crippen LogP contribution in [0.15, 0.2) is 39.4 Å². The summed E-state index contributed by atoms with van der Waals surface area (Å²) in [5, 5.41) is 0. The van der Waals surface area contributed by atoms with Crippen molar-refractivity contribution in [3.05, 3.63) is 57.5 Å². The van der Waals surface area contributed by atoms with Gasteiger partial charge in [-0.2, -0.15) is 0 Å². The number of carbonyl (C=O) groups excluding carboxylic acids is 1. The highest BCUT2D eigenvalue weighted by Crippen LogP contribution is 2.23. The number of furan rings is 1. The van der Waals surface area contributed by atoms with Crippen LogP contribution in [0.3, 0.4) is 0 Å². The second-order valence-electron chi connectivity index (χ2n) is 3.73. The number of halogens is 1. The lowest BCUT2D eigenvalue weighted by Gasteiger charge is -2.05. The van der Waals surface area contributed by atoms with Crippen LogP contribution in [-0.4, -0.2) is 5.78 Å². The Morgan fingerprint density at radius 1 is 1.25 bits per heavy atom. The van der Waals surface area contributed by atoms with Crippen molar-refractivity contribution in [2.24, 2.45) is 0 Å². The zero-order valence-corrected chi connectivity index (χ0v) is 10.7. The van der Waals surface area contributed by atoms with Gasteiger partial charge in [-0.05, 0) is 49.2 Å². The lowest BCUT2D eigenvalue weighted by atomic mass is 10.0. The van der Waals surface area contributed by atoms with E-state index in [0.29, 0.717) is 11.3 Å². The van der Waals surface area contributed by atoms with Crippen LogP contribution >= 0.6 is 15.9 Å². The van der Waals surface area contributed by atoms with Crippen LogP contribution in [0.2, 0.25) is 0 Å². The smallest absolute Gasteiger partial charge is 0.228 e. The minimum Gasteiger partial charge on any atom is -0.461 e. The van der Waals surface area contributed by atoms with Crippen LogP contribution in [0.5, 0.6) is 0 Å². The summed E-state index contributed by atoms with van der Waals surface area (Å²) in [6.45, 7) is 3.94. The monoisotopic (exact) mass is 278 g/mol. The van der Waals surface area contributed by atoms with E-state index in [2.05, 4.69) is 15.9 Å². The first-order valence-corrected chi connectivity index (χ1v) is 5.74. The largest absolute Gasteiger partial charge is 0.461 e. The van der Waals surface area contributed by atoms with E-state index in [1.54, 1.807) is 12.1 Å². The number of hydrogen-bond acceptors (Lipinski definition) is 2. The molecule has 0 aliphatic carbocycles. The molecule has 0 spiro atoms. The van der Waals surface area contributed by atoms with E-state index in [1.165, 1.54) is 6.26 Å². The summed E-state index contributed by atoms with van der Waals surface area (Å²) >= 11 is 3.48. The molecule has 2 nitrogen and oxygen atoms in total. The van der Waals surface area contributed by atoms with Gasteiger partial charge in [0.2, 0.25) is 5.78 Å². The van der Waals surface area contributed by atoms with E-state index in [-0.39, 0.29) is 5.78 Å². The Kier molecular flexibility index (Phi) is 2.97. The van der Waals surface area contributed by atoms with Gasteiger partial charge in [-0.25, -0.2) is 0 Å². The summed E-state index contributed by atoms with van der Waals surface area (Å²) in [5.74, 6) is 0.296. The normalized spacial score (nSPS) is 10.4. The van der Waals surface area contributed by atoms with Crippen LogP contribution in [0.25, 0.3) is 0 Å². The number of ketones is 1. The van der Waals surface area contributed by atoms with Crippen molar-refractivity contribution in [1.29, 1.82) is 0 Å². The van der Waals surface area contributed by atoms with E-state index in [1.807, 2.05) is 26.0 Å². The number of aryl methyl sites for hydroxylation is 2. The molecule has 0 N–H and O–H groups in total. The fourth-order valence-electron chi connectivity index (χ4n) is 1.63. The molecule has 2 rings (SSSR count). The average Bonchev–Trinajstić information content (AvgIpc) is 2.77. The predicted molar refractivity (Wildman–Crippen MR) is 65.8 cm³/mol. The van der Waals surface area contributed by atoms with Crippen molar-refractivity contribution in [1.82, 2.24) is 0 Å². The molecule has 0 aliphatic heterocycles. The van der Waals surface area contributed by atoms with Crippen molar-refractivity contribution in [3.63, 3.8) is 0 Å². The van der Waals surface area contributed by atoms with Crippen molar-refractivity contribution in [2.75, 3.05) is 0 Å². The fourth-order valence-corrected chi connectivity index (χ4v) is 1.86. The third kappa shape index (κ3) is 1.95. The molecule has 1 aromatic carbocycles. The van der Waals surface area contributed by atoms with Gasteiger partial charge < -0.3 is 4.42 Å². The molecule has 1 heterocycles. The van der Waals surface area contributed by atoms with Crippen LogP contribution in [0, 0.1) is 13.8 Å². The van der Waals surface area contributed by atoms with Crippen molar-refractivity contribution < 1.29 is 9.21 Å². The second kappa shape index (κ2) is 4.26. The minimum atomic E-state index is -0.0799. The zero-order valence-electron chi connectivity index (χ0n) is 9.08. The van der Waals surface area contributed by atoms with Gasteiger partial charge in [-0.1, -0.05) is 15.9 Å². The minimum absolute atomic E-state index is 0.0799. The van der Waals surface area contributed by atoms with Crippen molar-refractivity contribution in [3.8, 4) is 0 Å². The Hall–Kier alpha value is -1.35. The molecule has 0 radical (unpaired) electrons. The first-order valence-electron chi connectivity index (χ1n) is 4.94. The van der Waals surface area contributed by atoms with Gasteiger partial charge in [-0.15, -0.1) is 0 Å². The molecule has 0 amide bonds. The van der Waals surface area contributed by atoms with Gasteiger partial charge in [0, 0.05) is 10.0 Å². The third-order valence-corrected chi connectivity index (χ3v) is 3.69. The summed E-state index contributed by atoms with van der Waals surface area (Å²) in [6, 6.07) is 7.12. The van der Waals surface area contributed by atoms with Gasteiger partial charge in [0.25, 0.3) is 0 Å². The standard InChI is InChI=1S/C13H11BrO2/c1-8-6-10(7-9(2)12(8)14)13(15)11-4-3-5-16-11/h3-7H,1-2H3. The number of benzene rings is 1. The summed E-state index contributed by atoms with van der Waals surface area (Å²) in [6.07, 6.45) is 1.51. The van der Waals surface area contributed by atoms with Gasteiger partial charge in [0.1, 0.15) is 0 Å². The molecule has 1 aromatic heterocycles. The second-order valence-corrected chi connectivity index (χ2v) is 4.52. The molecule has 0 saturated heterocycles. The van der Waals surface area contributed by atoms with E-state index in [9.17, 15) is 4.79 Å². The maximum absolute atomic E-state index is 12.0. The van der Waals surface area contributed by atoms with Crippen LogP contribution in [-0.2, 0) is 0 Å². The topological polar surface area (TPSA) is 30.2 Å². The highest BCUT2D eigenvalue weighted by Gasteiger charge is 2.13. The maximum atomic E-state index is 12.0. The van der Waals surface area contributed by atoms with Crippen molar-refractivity contribution in [2.45, 2.75) is 13.8 Å². The lowest BCUT2D eigenvalue weighted by Crippen LogP contribution is -2.01. The molecule has 3 heteroatoms. The number of rotatable bonds is 2. The molecule has 0 atom stereocenters. The Balaban J connectivity index is 2.46. The molecule has 0 unspecified atom stereocenters. The van der Waals surface area contributed by atoms with Crippen LogP contribution < -0.4 is 0 Å². The summed E-state index contributed by atoms with van der Waals surface area (Å²) in [5.41, 5.74) is 2.76. The van der Waals surface area contributed by atoms with Crippen LogP contribution in [0.1, 0.15) is 27.2 Å². The highest BCUT2D eigenvalue weighted by atomic mass is 79.9.